The van der Waals surface area contributed by atoms with Gasteiger partial charge in [0.05, 0.1) is 7.11 Å². The predicted octanol–water partition coefficient (Wildman–Crippen LogP) is 1.88. The third-order valence-electron chi connectivity index (χ3n) is 3.78. The van der Waals surface area contributed by atoms with Crippen molar-refractivity contribution >= 4 is 23.6 Å². The zero-order valence-corrected chi connectivity index (χ0v) is 14.4. The first-order valence-corrected chi connectivity index (χ1v) is 8.69. The molecule has 130 valence electrons. The maximum atomic E-state index is 12.1. The van der Waals surface area contributed by atoms with Gasteiger partial charge in [0, 0.05) is 5.75 Å². The van der Waals surface area contributed by atoms with Crippen LogP contribution in [0.4, 0.5) is 0 Å². The van der Waals surface area contributed by atoms with Crippen molar-refractivity contribution in [3.63, 3.8) is 0 Å². The number of carboxylic acids is 1. The van der Waals surface area contributed by atoms with Crippen LogP contribution in [0.5, 0.6) is 11.5 Å². The number of methoxy groups -OCH3 is 1. The molecular weight excluding hydrogens is 330 g/mol. The first-order chi connectivity index (χ1) is 11.5. The topological polar surface area (TPSA) is 84.9 Å². The molecule has 1 unspecified atom stereocenters. The van der Waals surface area contributed by atoms with Gasteiger partial charge in [0.2, 0.25) is 0 Å². The monoisotopic (exact) mass is 351 g/mol. The van der Waals surface area contributed by atoms with E-state index in [1.165, 1.54) is 18.9 Å². The van der Waals surface area contributed by atoms with Gasteiger partial charge >= 0.3 is 5.97 Å². The summed E-state index contributed by atoms with van der Waals surface area (Å²) in [4.78, 5) is 23.5. The maximum Gasteiger partial charge on any atom is 0.330 e. The molecule has 1 heterocycles. The molecule has 1 atom stereocenters. The van der Waals surface area contributed by atoms with Gasteiger partial charge < -0.3 is 19.9 Å². The van der Waals surface area contributed by atoms with Crippen LogP contribution in [0.3, 0.4) is 0 Å². The summed E-state index contributed by atoms with van der Waals surface area (Å²) in [5, 5.41) is 12.0. The van der Waals surface area contributed by atoms with E-state index in [9.17, 15) is 14.7 Å². The van der Waals surface area contributed by atoms with E-state index >= 15 is 0 Å². The van der Waals surface area contributed by atoms with Gasteiger partial charge in [-0.15, -0.1) is 6.58 Å². The molecule has 1 amide bonds. The standard InChI is InChI=1S/C17H21NO5S/c1-3-4-12-5-6-13(14(9-12)22-2)23-10-15(19)18-17(16(20)21)7-8-24-11-17/h3,5-6,9H,1,4,7-8,10-11H2,2H3,(H,18,19)(H,20,21). The second-order valence-corrected chi connectivity index (χ2v) is 6.61. The van der Waals surface area contributed by atoms with E-state index in [1.54, 1.807) is 12.1 Å². The molecule has 0 bridgehead atoms. The van der Waals surface area contributed by atoms with Gasteiger partial charge in [-0.05, 0) is 36.3 Å². The zero-order valence-electron chi connectivity index (χ0n) is 13.5. The molecule has 0 saturated carbocycles. The number of carbonyl (C=O) groups excluding carboxylic acids is 1. The average molecular weight is 351 g/mol. The molecule has 1 aliphatic rings. The quantitative estimate of drug-likeness (QED) is 0.696. The summed E-state index contributed by atoms with van der Waals surface area (Å²) < 4.78 is 10.8. The molecule has 0 radical (unpaired) electrons. The largest absolute Gasteiger partial charge is 0.493 e. The van der Waals surface area contributed by atoms with Crippen molar-refractivity contribution in [1.82, 2.24) is 5.32 Å². The number of hydrogen-bond acceptors (Lipinski definition) is 5. The summed E-state index contributed by atoms with van der Waals surface area (Å²) in [7, 11) is 1.52. The Morgan fingerprint density at radius 1 is 1.46 bits per heavy atom. The summed E-state index contributed by atoms with van der Waals surface area (Å²) in [5.41, 5.74) is -0.172. The number of nitrogens with one attached hydrogen (secondary N) is 1. The highest BCUT2D eigenvalue weighted by Crippen LogP contribution is 2.29. The molecule has 6 nitrogen and oxygen atoms in total. The molecule has 0 spiro atoms. The number of amides is 1. The molecule has 7 heteroatoms. The Labute approximate surface area is 145 Å². The predicted molar refractivity (Wildman–Crippen MR) is 92.8 cm³/mol. The van der Waals surface area contributed by atoms with Crippen molar-refractivity contribution < 1.29 is 24.2 Å². The molecule has 1 aromatic rings. The van der Waals surface area contributed by atoms with Crippen molar-refractivity contribution in [3.05, 3.63) is 36.4 Å². The molecule has 0 aliphatic carbocycles. The lowest BCUT2D eigenvalue weighted by Crippen LogP contribution is -2.55. The number of hydrogen-bond donors (Lipinski definition) is 2. The average Bonchev–Trinajstić information content (AvgIpc) is 3.03. The minimum Gasteiger partial charge on any atom is -0.493 e. The van der Waals surface area contributed by atoms with Gasteiger partial charge in [0.1, 0.15) is 5.54 Å². The number of ether oxygens (including phenoxy) is 2. The van der Waals surface area contributed by atoms with E-state index in [0.717, 1.165) is 5.56 Å². The Morgan fingerprint density at radius 3 is 2.83 bits per heavy atom. The van der Waals surface area contributed by atoms with E-state index in [-0.39, 0.29) is 6.61 Å². The molecular formula is C17H21NO5S. The molecule has 1 aliphatic heterocycles. The Balaban J connectivity index is 1.98. The van der Waals surface area contributed by atoms with Crippen LogP contribution in [0.1, 0.15) is 12.0 Å². The fourth-order valence-corrected chi connectivity index (χ4v) is 3.78. The first-order valence-electron chi connectivity index (χ1n) is 7.53. The molecule has 1 aromatic carbocycles. The van der Waals surface area contributed by atoms with E-state index < -0.39 is 17.4 Å². The Kier molecular flexibility index (Phi) is 6.14. The van der Waals surface area contributed by atoms with Crippen molar-refractivity contribution in [2.45, 2.75) is 18.4 Å². The fraction of sp³-hybridized carbons (Fsp3) is 0.412. The van der Waals surface area contributed by atoms with Gasteiger partial charge in [0.15, 0.2) is 18.1 Å². The lowest BCUT2D eigenvalue weighted by molar-refractivity contribution is -0.146. The van der Waals surface area contributed by atoms with Gasteiger partial charge in [-0.2, -0.15) is 11.8 Å². The molecule has 1 fully saturated rings. The maximum absolute atomic E-state index is 12.1. The van der Waals surface area contributed by atoms with E-state index in [1.807, 2.05) is 12.1 Å². The van der Waals surface area contributed by atoms with Crippen LogP contribution in [-0.2, 0) is 16.0 Å². The number of allylic oxidation sites excluding steroid dienone is 1. The van der Waals surface area contributed by atoms with Crippen molar-refractivity contribution in [1.29, 1.82) is 0 Å². The summed E-state index contributed by atoms with van der Waals surface area (Å²) in [6.07, 6.45) is 2.90. The summed E-state index contributed by atoms with van der Waals surface area (Å²) in [6, 6.07) is 5.41. The van der Waals surface area contributed by atoms with Crippen LogP contribution < -0.4 is 14.8 Å². The SMILES string of the molecule is C=CCc1ccc(OCC(=O)NC2(C(=O)O)CCSC2)c(OC)c1. The number of thioether (sulfide) groups is 1. The Bertz CT molecular complexity index is 625. The molecule has 1 saturated heterocycles. The summed E-state index contributed by atoms with van der Waals surface area (Å²) in [6.45, 7) is 3.42. The highest BCUT2D eigenvalue weighted by molar-refractivity contribution is 7.99. The van der Waals surface area contributed by atoms with Gasteiger partial charge in [-0.1, -0.05) is 12.1 Å². The van der Waals surface area contributed by atoms with Crippen LogP contribution in [0.15, 0.2) is 30.9 Å². The van der Waals surface area contributed by atoms with Crippen LogP contribution in [-0.4, -0.2) is 47.7 Å². The number of benzene rings is 1. The first kappa shape index (κ1) is 18.2. The minimum atomic E-state index is -1.19. The fourth-order valence-electron chi connectivity index (χ4n) is 2.46. The van der Waals surface area contributed by atoms with Crippen LogP contribution in [0.25, 0.3) is 0 Å². The Morgan fingerprint density at radius 2 is 2.25 bits per heavy atom. The van der Waals surface area contributed by atoms with Gasteiger partial charge in [0.25, 0.3) is 5.91 Å². The smallest absolute Gasteiger partial charge is 0.330 e. The van der Waals surface area contributed by atoms with Crippen molar-refractivity contribution in [3.8, 4) is 11.5 Å². The summed E-state index contributed by atoms with van der Waals surface area (Å²) >= 11 is 1.51. The van der Waals surface area contributed by atoms with Gasteiger partial charge in [-0.3, -0.25) is 4.79 Å². The Hall–Kier alpha value is -2.15. The van der Waals surface area contributed by atoms with Gasteiger partial charge in [-0.25, -0.2) is 4.79 Å². The lowest BCUT2D eigenvalue weighted by atomic mass is 9.99. The van der Waals surface area contributed by atoms with E-state index in [2.05, 4.69) is 11.9 Å². The van der Waals surface area contributed by atoms with Crippen LogP contribution in [0.2, 0.25) is 0 Å². The highest BCUT2D eigenvalue weighted by Gasteiger charge is 2.43. The number of rotatable bonds is 8. The third-order valence-corrected chi connectivity index (χ3v) is 4.97. The van der Waals surface area contributed by atoms with Crippen LogP contribution in [0, 0.1) is 0 Å². The molecule has 24 heavy (non-hydrogen) atoms. The molecule has 0 aromatic heterocycles. The van der Waals surface area contributed by atoms with Crippen molar-refractivity contribution in [2.75, 3.05) is 25.2 Å². The molecule has 2 rings (SSSR count). The zero-order chi connectivity index (χ0) is 17.6. The van der Waals surface area contributed by atoms with E-state index in [0.29, 0.717) is 35.8 Å². The number of carbonyl (C=O) groups is 2. The van der Waals surface area contributed by atoms with Crippen molar-refractivity contribution in [2.24, 2.45) is 0 Å². The van der Waals surface area contributed by atoms with Crippen LogP contribution >= 0.6 is 11.8 Å². The van der Waals surface area contributed by atoms with E-state index in [4.69, 9.17) is 9.47 Å². The second kappa shape index (κ2) is 8.10. The molecule has 2 N–H and O–H groups in total. The normalized spacial score (nSPS) is 19.5. The second-order valence-electron chi connectivity index (χ2n) is 5.50. The lowest BCUT2D eigenvalue weighted by Gasteiger charge is -2.24. The highest BCUT2D eigenvalue weighted by atomic mass is 32.2. The third kappa shape index (κ3) is 4.23. The summed E-state index contributed by atoms with van der Waals surface area (Å²) in [5.74, 6) is 0.570. The number of aliphatic carboxylic acids is 1. The minimum absolute atomic E-state index is 0.267. The number of carboxylic acid groups (broad SMARTS) is 1.